The van der Waals surface area contributed by atoms with Crippen LogP contribution in [0, 0.1) is 12.3 Å². The van der Waals surface area contributed by atoms with Crippen molar-refractivity contribution >= 4 is 21.7 Å². The molecule has 0 aliphatic rings. The number of hydrogen-bond donors (Lipinski definition) is 2. The number of ether oxygens (including phenoxy) is 1. The van der Waals surface area contributed by atoms with Crippen molar-refractivity contribution < 1.29 is 4.74 Å². The SMILES string of the molecule is C#CCOc1ncnc(NN)c1Br. The van der Waals surface area contributed by atoms with Crippen molar-refractivity contribution in [3.63, 3.8) is 0 Å². The van der Waals surface area contributed by atoms with E-state index in [1.54, 1.807) is 0 Å². The zero-order chi connectivity index (χ0) is 9.68. The molecule has 1 rings (SSSR count). The summed E-state index contributed by atoms with van der Waals surface area (Å²) in [4.78, 5) is 7.69. The Balaban J connectivity index is 2.89. The summed E-state index contributed by atoms with van der Waals surface area (Å²) in [6, 6.07) is 0. The second kappa shape index (κ2) is 4.64. The Labute approximate surface area is 83.8 Å². The molecule has 5 nitrogen and oxygen atoms in total. The fourth-order valence-electron chi connectivity index (χ4n) is 0.665. The van der Waals surface area contributed by atoms with E-state index in [1.165, 1.54) is 6.33 Å². The zero-order valence-electron chi connectivity index (χ0n) is 6.62. The van der Waals surface area contributed by atoms with Crippen molar-refractivity contribution in [3.8, 4) is 18.2 Å². The van der Waals surface area contributed by atoms with Gasteiger partial charge in [0.2, 0.25) is 5.88 Å². The van der Waals surface area contributed by atoms with Crippen LogP contribution in [-0.2, 0) is 0 Å². The Hall–Kier alpha value is -1.32. The first kappa shape index (κ1) is 9.77. The van der Waals surface area contributed by atoms with Crippen LogP contribution < -0.4 is 16.0 Å². The molecule has 0 radical (unpaired) electrons. The molecule has 0 bridgehead atoms. The Morgan fingerprint density at radius 2 is 2.46 bits per heavy atom. The van der Waals surface area contributed by atoms with Gasteiger partial charge in [-0.1, -0.05) is 5.92 Å². The molecule has 1 aromatic heterocycles. The van der Waals surface area contributed by atoms with E-state index >= 15 is 0 Å². The fraction of sp³-hybridized carbons (Fsp3) is 0.143. The van der Waals surface area contributed by atoms with E-state index in [9.17, 15) is 0 Å². The molecule has 0 spiro atoms. The van der Waals surface area contributed by atoms with Gasteiger partial charge in [0.1, 0.15) is 10.8 Å². The minimum atomic E-state index is 0.152. The Bertz CT molecular complexity index is 336. The normalized spacial score (nSPS) is 9.00. The molecule has 1 heterocycles. The predicted molar refractivity (Wildman–Crippen MR) is 51.9 cm³/mol. The molecule has 0 amide bonds. The molecule has 0 aliphatic carbocycles. The van der Waals surface area contributed by atoms with Gasteiger partial charge in [-0.15, -0.1) is 6.42 Å². The molecular formula is C7H7BrN4O. The summed E-state index contributed by atoms with van der Waals surface area (Å²) >= 11 is 3.21. The number of hydrogen-bond acceptors (Lipinski definition) is 5. The zero-order valence-corrected chi connectivity index (χ0v) is 8.21. The topological polar surface area (TPSA) is 73.1 Å². The van der Waals surface area contributed by atoms with E-state index in [4.69, 9.17) is 17.0 Å². The van der Waals surface area contributed by atoms with Crippen molar-refractivity contribution in [1.82, 2.24) is 9.97 Å². The number of anilines is 1. The molecule has 0 saturated heterocycles. The van der Waals surface area contributed by atoms with Crippen LogP contribution in [0.5, 0.6) is 5.88 Å². The highest BCUT2D eigenvalue weighted by Gasteiger charge is 2.07. The van der Waals surface area contributed by atoms with Gasteiger partial charge in [0, 0.05) is 0 Å². The van der Waals surface area contributed by atoms with Gasteiger partial charge in [0.05, 0.1) is 0 Å². The maximum absolute atomic E-state index is 5.18. The first-order valence-electron chi connectivity index (χ1n) is 3.33. The van der Waals surface area contributed by atoms with Crippen molar-refractivity contribution in [2.75, 3.05) is 12.0 Å². The summed E-state index contributed by atoms with van der Waals surface area (Å²) in [6.45, 7) is 0.152. The molecule has 1 aromatic rings. The minimum absolute atomic E-state index is 0.152. The number of nitrogens with one attached hydrogen (secondary N) is 1. The maximum atomic E-state index is 5.18. The van der Waals surface area contributed by atoms with E-state index in [0.717, 1.165) is 0 Å². The van der Waals surface area contributed by atoms with Gasteiger partial charge in [-0.05, 0) is 15.9 Å². The molecule has 0 aromatic carbocycles. The lowest BCUT2D eigenvalue weighted by Gasteiger charge is -2.06. The van der Waals surface area contributed by atoms with Crippen molar-refractivity contribution in [2.24, 2.45) is 5.84 Å². The van der Waals surface area contributed by atoms with Gasteiger partial charge in [0.15, 0.2) is 12.4 Å². The largest absolute Gasteiger partial charge is 0.464 e. The summed E-state index contributed by atoms with van der Waals surface area (Å²) in [5.74, 6) is 8.32. The van der Waals surface area contributed by atoms with Crippen molar-refractivity contribution in [3.05, 3.63) is 10.8 Å². The highest BCUT2D eigenvalue weighted by Crippen LogP contribution is 2.27. The third-order valence-electron chi connectivity index (χ3n) is 1.19. The number of terminal acetylenes is 1. The van der Waals surface area contributed by atoms with Gasteiger partial charge in [0.25, 0.3) is 0 Å². The molecule has 0 fully saturated rings. The summed E-state index contributed by atoms with van der Waals surface area (Å²) in [6.07, 6.45) is 6.35. The molecule has 68 valence electrons. The van der Waals surface area contributed by atoms with E-state index in [0.29, 0.717) is 16.2 Å². The van der Waals surface area contributed by atoms with Gasteiger partial charge in [-0.3, -0.25) is 0 Å². The Morgan fingerprint density at radius 1 is 1.69 bits per heavy atom. The molecule has 13 heavy (non-hydrogen) atoms. The molecule has 0 saturated carbocycles. The first-order chi connectivity index (χ1) is 6.29. The highest BCUT2D eigenvalue weighted by molar-refractivity contribution is 9.10. The van der Waals surface area contributed by atoms with E-state index < -0.39 is 0 Å². The number of rotatable bonds is 3. The number of aromatic nitrogens is 2. The third kappa shape index (κ3) is 2.31. The fourth-order valence-corrected chi connectivity index (χ4v) is 1.10. The molecule has 6 heteroatoms. The standard InChI is InChI=1S/C7H7BrN4O/c1-2-3-13-7-5(8)6(12-9)10-4-11-7/h1,4H,3,9H2,(H,10,11,12). The number of hydrazine groups is 1. The first-order valence-corrected chi connectivity index (χ1v) is 4.12. The molecule has 0 atom stereocenters. The number of nitrogens with zero attached hydrogens (tertiary/aromatic N) is 2. The van der Waals surface area contributed by atoms with E-state index in [1.807, 2.05) is 0 Å². The molecule has 0 aliphatic heterocycles. The predicted octanol–water partition coefficient (Wildman–Crippen LogP) is 0.537. The van der Waals surface area contributed by atoms with Gasteiger partial charge < -0.3 is 10.2 Å². The quantitative estimate of drug-likeness (QED) is 0.460. The lowest BCUT2D eigenvalue weighted by atomic mass is 10.5. The van der Waals surface area contributed by atoms with Gasteiger partial charge >= 0.3 is 0 Å². The van der Waals surface area contributed by atoms with E-state index in [-0.39, 0.29) is 6.61 Å². The number of halogens is 1. The van der Waals surface area contributed by atoms with Gasteiger partial charge in [-0.25, -0.2) is 15.8 Å². The number of nitrogen functional groups attached to an aromatic ring is 1. The van der Waals surface area contributed by atoms with Crippen LogP contribution in [0.1, 0.15) is 0 Å². The van der Waals surface area contributed by atoms with E-state index in [2.05, 4.69) is 37.2 Å². The molecular weight excluding hydrogens is 236 g/mol. The Morgan fingerprint density at radius 3 is 3.08 bits per heavy atom. The summed E-state index contributed by atoms with van der Waals surface area (Å²) in [5, 5.41) is 0. The summed E-state index contributed by atoms with van der Waals surface area (Å²) in [7, 11) is 0. The third-order valence-corrected chi connectivity index (χ3v) is 1.90. The van der Waals surface area contributed by atoms with Crippen molar-refractivity contribution in [2.45, 2.75) is 0 Å². The van der Waals surface area contributed by atoms with Crippen LogP contribution in [0.4, 0.5) is 5.82 Å². The average Bonchev–Trinajstić information content (AvgIpc) is 2.16. The van der Waals surface area contributed by atoms with Crippen LogP contribution in [0.3, 0.4) is 0 Å². The molecule has 0 unspecified atom stereocenters. The number of nitrogens with two attached hydrogens (primary N) is 1. The van der Waals surface area contributed by atoms with Crippen molar-refractivity contribution in [1.29, 1.82) is 0 Å². The lowest BCUT2D eigenvalue weighted by molar-refractivity contribution is 0.352. The smallest absolute Gasteiger partial charge is 0.234 e. The minimum Gasteiger partial charge on any atom is -0.464 e. The Kier molecular flexibility index (Phi) is 3.49. The maximum Gasteiger partial charge on any atom is 0.234 e. The molecule has 3 N–H and O–H groups in total. The van der Waals surface area contributed by atoms with Crippen LogP contribution in [0.25, 0.3) is 0 Å². The monoisotopic (exact) mass is 242 g/mol. The van der Waals surface area contributed by atoms with Gasteiger partial charge in [-0.2, -0.15) is 0 Å². The van der Waals surface area contributed by atoms with Crippen LogP contribution in [0.2, 0.25) is 0 Å². The summed E-state index contributed by atoms with van der Waals surface area (Å²) < 4.78 is 5.65. The lowest BCUT2D eigenvalue weighted by Crippen LogP contribution is -2.10. The second-order valence-electron chi connectivity index (χ2n) is 1.98. The second-order valence-corrected chi connectivity index (χ2v) is 2.77. The van der Waals surface area contributed by atoms with Crippen LogP contribution in [-0.4, -0.2) is 16.6 Å². The van der Waals surface area contributed by atoms with Crippen LogP contribution in [0.15, 0.2) is 10.8 Å². The average molecular weight is 243 g/mol. The summed E-state index contributed by atoms with van der Waals surface area (Å²) in [5.41, 5.74) is 2.38. The van der Waals surface area contributed by atoms with Crippen LogP contribution >= 0.6 is 15.9 Å². The highest BCUT2D eigenvalue weighted by atomic mass is 79.9.